The Morgan fingerprint density at radius 1 is 0.870 bits per heavy atom. The monoisotopic (exact) mass is 362 g/mol. The molecule has 0 amide bonds. The average molecular weight is 362 g/mol. The van der Waals surface area contributed by atoms with Crippen LogP contribution in [-0.2, 0) is 14.3 Å². The molecule has 23 heavy (non-hydrogen) atoms. The average Bonchev–Trinajstić information content (AvgIpc) is 2.34. The van der Waals surface area contributed by atoms with Crippen LogP contribution < -0.4 is 0 Å². The summed E-state index contributed by atoms with van der Waals surface area (Å²) in [5.74, 6) is -22.9. The number of alkyl halides is 9. The van der Waals surface area contributed by atoms with Gasteiger partial charge in [-0.25, -0.2) is 9.59 Å². The van der Waals surface area contributed by atoms with E-state index in [1.807, 2.05) is 0 Å². The van der Waals surface area contributed by atoms with E-state index < -0.39 is 48.9 Å². The molecule has 0 radical (unpaired) electrons. The topological polar surface area (TPSA) is 63.6 Å². The van der Waals surface area contributed by atoms with Crippen LogP contribution in [0.3, 0.4) is 0 Å². The number of hydrogen-bond acceptors (Lipinski definition) is 3. The SMILES string of the molecule is O=C(O)/C=C/C(=O)OCCC(F)(F)C(F)(F)C(F)(F)C(F)(F)F. The standard InChI is InChI=1S/C10H7F9O4/c11-7(12,3-4-23-6(22)2-1-5(20)21)8(13,14)9(15,16)10(17,18)19/h1-2H,3-4H2,(H,20,21)/b2-1+. The molecule has 0 bridgehead atoms. The highest BCUT2D eigenvalue weighted by Gasteiger charge is 2.81. The molecule has 0 aliphatic carbocycles. The molecule has 0 aliphatic heterocycles. The van der Waals surface area contributed by atoms with Gasteiger partial charge in [-0.05, 0) is 0 Å². The number of carbonyl (C=O) groups excluding carboxylic acids is 1. The first-order valence-electron chi connectivity index (χ1n) is 5.34. The van der Waals surface area contributed by atoms with Crippen molar-refractivity contribution in [2.24, 2.45) is 0 Å². The van der Waals surface area contributed by atoms with E-state index in [9.17, 15) is 49.1 Å². The Morgan fingerprint density at radius 3 is 1.74 bits per heavy atom. The van der Waals surface area contributed by atoms with Gasteiger partial charge in [-0.2, -0.15) is 39.5 Å². The third kappa shape index (κ3) is 4.76. The Morgan fingerprint density at radius 2 is 1.35 bits per heavy atom. The maximum absolute atomic E-state index is 13.0. The lowest BCUT2D eigenvalue weighted by molar-refractivity contribution is -0.397. The second-order valence-electron chi connectivity index (χ2n) is 3.94. The van der Waals surface area contributed by atoms with Crippen LogP contribution in [0.25, 0.3) is 0 Å². The van der Waals surface area contributed by atoms with Crippen LogP contribution in [0.4, 0.5) is 39.5 Å². The minimum absolute atomic E-state index is 0.183. The van der Waals surface area contributed by atoms with Crippen molar-refractivity contribution in [1.29, 1.82) is 0 Å². The summed E-state index contributed by atoms with van der Waals surface area (Å²) < 4.78 is 116. The lowest BCUT2D eigenvalue weighted by atomic mass is 10.0. The van der Waals surface area contributed by atoms with Crippen LogP contribution in [0, 0.1) is 0 Å². The van der Waals surface area contributed by atoms with Crippen LogP contribution in [0.2, 0.25) is 0 Å². The molecule has 0 aromatic rings. The quantitative estimate of drug-likeness (QED) is 0.430. The summed E-state index contributed by atoms with van der Waals surface area (Å²) in [6.45, 7) is -1.65. The van der Waals surface area contributed by atoms with Crippen LogP contribution in [0.15, 0.2) is 12.2 Å². The van der Waals surface area contributed by atoms with E-state index in [-0.39, 0.29) is 12.2 Å². The highest BCUT2D eigenvalue weighted by Crippen LogP contribution is 2.53. The third-order valence-electron chi connectivity index (χ3n) is 2.23. The zero-order valence-corrected chi connectivity index (χ0v) is 10.6. The van der Waals surface area contributed by atoms with Crippen molar-refractivity contribution in [2.75, 3.05) is 6.61 Å². The Kier molecular flexibility index (Phi) is 6.10. The minimum atomic E-state index is -7.02. The first-order valence-corrected chi connectivity index (χ1v) is 5.34. The van der Waals surface area contributed by atoms with E-state index >= 15 is 0 Å². The summed E-state index contributed by atoms with van der Waals surface area (Å²) in [7, 11) is 0. The number of carboxylic acid groups (broad SMARTS) is 1. The molecule has 0 rings (SSSR count). The number of aliphatic carboxylic acids is 1. The van der Waals surface area contributed by atoms with Gasteiger partial charge in [-0.1, -0.05) is 0 Å². The molecule has 134 valence electrons. The molecule has 0 atom stereocenters. The summed E-state index contributed by atoms with van der Waals surface area (Å²) in [6, 6.07) is 0. The fourth-order valence-corrected chi connectivity index (χ4v) is 1.03. The summed E-state index contributed by atoms with van der Waals surface area (Å²) in [5.41, 5.74) is 0. The molecule has 0 spiro atoms. The van der Waals surface area contributed by atoms with Gasteiger partial charge in [0.1, 0.15) is 0 Å². The molecule has 0 aromatic heterocycles. The van der Waals surface area contributed by atoms with E-state index in [0.717, 1.165) is 0 Å². The molecular formula is C10H7F9O4. The summed E-state index contributed by atoms with van der Waals surface area (Å²) >= 11 is 0. The molecule has 4 nitrogen and oxygen atoms in total. The number of halogens is 9. The Bertz CT molecular complexity index is 481. The minimum Gasteiger partial charge on any atom is -0.478 e. The molecule has 0 unspecified atom stereocenters. The van der Waals surface area contributed by atoms with Gasteiger partial charge in [0.2, 0.25) is 0 Å². The Hall–Kier alpha value is -1.95. The number of carbonyl (C=O) groups is 2. The highest BCUT2D eigenvalue weighted by molar-refractivity contribution is 5.90. The molecule has 0 heterocycles. The van der Waals surface area contributed by atoms with Crippen molar-refractivity contribution in [3.8, 4) is 0 Å². The number of ether oxygens (including phenoxy) is 1. The lowest BCUT2D eigenvalue weighted by Gasteiger charge is -2.33. The van der Waals surface area contributed by atoms with E-state index in [4.69, 9.17) is 5.11 Å². The smallest absolute Gasteiger partial charge is 0.460 e. The number of esters is 1. The van der Waals surface area contributed by atoms with Gasteiger partial charge in [0.05, 0.1) is 13.0 Å². The van der Waals surface area contributed by atoms with Crippen LogP contribution in [0.1, 0.15) is 6.42 Å². The number of carboxylic acids is 1. The fourth-order valence-electron chi connectivity index (χ4n) is 1.03. The second-order valence-corrected chi connectivity index (χ2v) is 3.94. The predicted octanol–water partition coefficient (Wildman–Crippen LogP) is 3.03. The van der Waals surface area contributed by atoms with Gasteiger partial charge in [0, 0.05) is 12.2 Å². The van der Waals surface area contributed by atoms with E-state index in [1.165, 1.54) is 0 Å². The zero-order valence-electron chi connectivity index (χ0n) is 10.6. The van der Waals surface area contributed by atoms with Crippen molar-refractivity contribution in [3.63, 3.8) is 0 Å². The van der Waals surface area contributed by atoms with Crippen molar-refractivity contribution < 1.29 is 58.9 Å². The van der Waals surface area contributed by atoms with Crippen LogP contribution in [0.5, 0.6) is 0 Å². The van der Waals surface area contributed by atoms with Crippen LogP contribution >= 0.6 is 0 Å². The first-order chi connectivity index (χ1) is 10.1. The van der Waals surface area contributed by atoms with E-state index in [0.29, 0.717) is 0 Å². The van der Waals surface area contributed by atoms with Gasteiger partial charge >= 0.3 is 35.9 Å². The second kappa shape index (κ2) is 6.66. The number of rotatable bonds is 7. The van der Waals surface area contributed by atoms with Gasteiger partial charge in [0.15, 0.2) is 0 Å². The molecule has 13 heteroatoms. The molecule has 0 saturated carbocycles. The first kappa shape index (κ1) is 21.0. The molecule has 0 fully saturated rings. The summed E-state index contributed by atoms with van der Waals surface area (Å²) in [6.07, 6.45) is -8.91. The van der Waals surface area contributed by atoms with E-state index in [1.54, 1.807) is 0 Å². The third-order valence-corrected chi connectivity index (χ3v) is 2.23. The maximum Gasteiger partial charge on any atom is 0.460 e. The summed E-state index contributed by atoms with van der Waals surface area (Å²) in [5, 5.41) is 8.09. The fraction of sp³-hybridized carbons (Fsp3) is 0.600. The zero-order chi connectivity index (χ0) is 18.7. The van der Waals surface area contributed by atoms with Gasteiger partial charge < -0.3 is 9.84 Å². The van der Waals surface area contributed by atoms with Crippen molar-refractivity contribution in [3.05, 3.63) is 12.2 Å². The predicted molar refractivity (Wildman–Crippen MR) is 53.2 cm³/mol. The van der Waals surface area contributed by atoms with Crippen molar-refractivity contribution >= 4 is 11.9 Å². The summed E-state index contributed by atoms with van der Waals surface area (Å²) in [4.78, 5) is 20.7. The van der Waals surface area contributed by atoms with Gasteiger partial charge in [-0.3, -0.25) is 0 Å². The molecular weight excluding hydrogens is 355 g/mol. The Labute approximate surface area is 121 Å². The van der Waals surface area contributed by atoms with Gasteiger partial charge in [0.25, 0.3) is 0 Å². The molecule has 1 N–H and O–H groups in total. The van der Waals surface area contributed by atoms with E-state index in [2.05, 4.69) is 4.74 Å². The molecule has 0 aromatic carbocycles. The maximum atomic E-state index is 13.0. The Balaban J connectivity index is 4.93. The lowest BCUT2D eigenvalue weighted by Crippen LogP contribution is -2.61. The largest absolute Gasteiger partial charge is 0.478 e. The molecule has 0 aliphatic rings. The van der Waals surface area contributed by atoms with Crippen molar-refractivity contribution in [1.82, 2.24) is 0 Å². The molecule has 0 saturated heterocycles. The number of hydrogen-bond donors (Lipinski definition) is 1. The highest BCUT2D eigenvalue weighted by atomic mass is 19.4. The van der Waals surface area contributed by atoms with Crippen molar-refractivity contribution in [2.45, 2.75) is 30.4 Å². The van der Waals surface area contributed by atoms with Gasteiger partial charge in [-0.15, -0.1) is 0 Å². The normalized spacial score (nSPS) is 14.1. The van der Waals surface area contributed by atoms with Crippen LogP contribution in [-0.4, -0.2) is 47.6 Å².